The van der Waals surface area contributed by atoms with E-state index in [1.54, 1.807) is 36.4 Å². The van der Waals surface area contributed by atoms with Gasteiger partial charge in [-0.25, -0.2) is 4.79 Å². The molecule has 2 aromatic rings. The molecule has 1 atom stereocenters. The van der Waals surface area contributed by atoms with Gasteiger partial charge in [-0.1, -0.05) is 63.3 Å². The van der Waals surface area contributed by atoms with Gasteiger partial charge in [0, 0.05) is 25.7 Å². The smallest absolute Gasteiger partial charge is 0.328 e. The van der Waals surface area contributed by atoms with Crippen LogP contribution in [0.2, 0.25) is 0 Å². The van der Waals surface area contributed by atoms with Crippen LogP contribution in [0.1, 0.15) is 88.7 Å². The van der Waals surface area contributed by atoms with Crippen LogP contribution in [0, 0.1) is 0 Å². The van der Waals surface area contributed by atoms with Crippen LogP contribution in [0.15, 0.2) is 48.5 Å². The van der Waals surface area contributed by atoms with E-state index in [-0.39, 0.29) is 37.3 Å². The number of phenols is 1. The Morgan fingerprint density at radius 1 is 0.780 bits per heavy atom. The van der Waals surface area contributed by atoms with Gasteiger partial charge in [0.25, 0.3) is 0 Å². The molecule has 0 radical (unpaired) electrons. The van der Waals surface area contributed by atoms with Gasteiger partial charge < -0.3 is 25.0 Å². The fourth-order valence-corrected chi connectivity index (χ4v) is 4.19. The van der Waals surface area contributed by atoms with Gasteiger partial charge >= 0.3 is 17.9 Å². The van der Waals surface area contributed by atoms with Crippen molar-refractivity contribution in [3.8, 4) is 11.5 Å². The van der Waals surface area contributed by atoms with Gasteiger partial charge in [-0.05, 0) is 61.1 Å². The number of carboxylic acids is 1. The fraction of sp³-hybridized carbons (Fsp3) is 0.500. The van der Waals surface area contributed by atoms with Crippen molar-refractivity contribution < 1.29 is 38.9 Å². The maximum absolute atomic E-state index is 12.8. The summed E-state index contributed by atoms with van der Waals surface area (Å²) >= 11 is 0. The third-order valence-electron chi connectivity index (χ3n) is 6.56. The van der Waals surface area contributed by atoms with Crippen molar-refractivity contribution in [3.63, 3.8) is 0 Å². The highest BCUT2D eigenvalue weighted by atomic mass is 16.5. The van der Waals surface area contributed by atoms with Crippen molar-refractivity contribution in [2.75, 3.05) is 6.61 Å². The van der Waals surface area contributed by atoms with Crippen molar-refractivity contribution in [2.24, 2.45) is 0 Å². The molecule has 9 heteroatoms. The number of carbonyl (C=O) groups is 4. The number of amides is 1. The Hall–Kier alpha value is -3.88. The number of nitrogens with one attached hydrogen (secondary N) is 1. The van der Waals surface area contributed by atoms with Crippen molar-refractivity contribution in [3.05, 3.63) is 59.7 Å². The Morgan fingerprint density at radius 2 is 1.41 bits per heavy atom. The summed E-state index contributed by atoms with van der Waals surface area (Å²) in [7, 11) is 0. The van der Waals surface area contributed by atoms with E-state index < -0.39 is 23.9 Å². The average Bonchev–Trinajstić information content (AvgIpc) is 2.95. The van der Waals surface area contributed by atoms with E-state index in [2.05, 4.69) is 12.2 Å². The minimum atomic E-state index is -0.890. The third kappa shape index (κ3) is 14.9. The lowest BCUT2D eigenvalue weighted by Gasteiger charge is -2.18. The van der Waals surface area contributed by atoms with E-state index in [0.717, 1.165) is 30.4 Å². The molecular weight excluding hydrogens is 526 g/mol. The lowest BCUT2D eigenvalue weighted by Crippen LogP contribution is -2.43. The summed E-state index contributed by atoms with van der Waals surface area (Å²) in [5, 5.41) is 21.0. The molecule has 3 N–H and O–H groups in total. The quantitative estimate of drug-likeness (QED) is 0.108. The number of carbonyl (C=O) groups excluding carboxylic acids is 3. The minimum absolute atomic E-state index is 0.0213. The second-order valence-electron chi connectivity index (χ2n) is 10.1. The summed E-state index contributed by atoms with van der Waals surface area (Å²) in [5.74, 6) is -1.58. The SMILES string of the molecule is CCCCCCCCOC(=O)[C@H](Cc1ccc(O)cc1)NC(=O)CCc1ccc(OC(=O)CCCCC(=O)O)cc1. The van der Waals surface area contributed by atoms with Crippen LogP contribution in [0.3, 0.4) is 0 Å². The summed E-state index contributed by atoms with van der Waals surface area (Å²) < 4.78 is 10.8. The van der Waals surface area contributed by atoms with Gasteiger partial charge in [-0.2, -0.15) is 0 Å². The molecule has 0 aromatic heterocycles. The third-order valence-corrected chi connectivity index (χ3v) is 6.56. The summed E-state index contributed by atoms with van der Waals surface area (Å²) in [6.45, 7) is 2.48. The van der Waals surface area contributed by atoms with E-state index in [4.69, 9.17) is 14.6 Å². The van der Waals surface area contributed by atoms with E-state index in [0.29, 0.717) is 31.6 Å². The standard InChI is InChI=1S/C32H43NO8/c1-2-3-4-5-6-9-22-40-32(39)28(23-25-12-17-26(34)18-13-25)33-29(35)21-16-24-14-19-27(20-15-24)41-31(38)11-8-7-10-30(36)37/h12-15,17-20,28,34H,2-11,16,21-23H2,1H3,(H,33,35)(H,36,37)/t28-/m0/s1. The molecule has 0 aliphatic carbocycles. The minimum Gasteiger partial charge on any atom is -0.508 e. The molecule has 0 saturated heterocycles. The van der Waals surface area contributed by atoms with E-state index in [9.17, 15) is 24.3 Å². The van der Waals surface area contributed by atoms with Crippen LogP contribution in [-0.2, 0) is 36.8 Å². The second-order valence-corrected chi connectivity index (χ2v) is 10.1. The van der Waals surface area contributed by atoms with Crippen molar-refractivity contribution in [2.45, 2.75) is 96.4 Å². The van der Waals surface area contributed by atoms with Crippen LogP contribution in [0.5, 0.6) is 11.5 Å². The van der Waals surface area contributed by atoms with Crippen LogP contribution in [0.4, 0.5) is 0 Å². The van der Waals surface area contributed by atoms with Gasteiger partial charge in [-0.15, -0.1) is 0 Å². The molecule has 0 spiro atoms. The lowest BCUT2D eigenvalue weighted by molar-refractivity contribution is -0.148. The van der Waals surface area contributed by atoms with Crippen LogP contribution in [0.25, 0.3) is 0 Å². The number of rotatable bonds is 20. The molecule has 0 aliphatic rings. The Bertz CT molecular complexity index is 1080. The Balaban J connectivity index is 1.83. The molecule has 0 fully saturated rings. The van der Waals surface area contributed by atoms with Gasteiger partial charge in [0.1, 0.15) is 17.5 Å². The van der Waals surface area contributed by atoms with E-state index in [1.165, 1.54) is 31.4 Å². The first kappa shape index (κ1) is 33.3. The zero-order valence-electron chi connectivity index (χ0n) is 23.9. The first-order chi connectivity index (χ1) is 19.8. The molecular formula is C32H43NO8. The number of unbranched alkanes of at least 4 members (excludes halogenated alkanes) is 6. The molecule has 41 heavy (non-hydrogen) atoms. The molecule has 9 nitrogen and oxygen atoms in total. The number of aryl methyl sites for hydroxylation is 1. The molecule has 0 unspecified atom stereocenters. The fourth-order valence-electron chi connectivity index (χ4n) is 4.19. The number of aliphatic carboxylic acids is 1. The first-order valence-electron chi connectivity index (χ1n) is 14.5. The molecule has 0 saturated carbocycles. The number of hydrogen-bond acceptors (Lipinski definition) is 7. The Morgan fingerprint density at radius 3 is 2.10 bits per heavy atom. The van der Waals surface area contributed by atoms with Gasteiger partial charge in [0.15, 0.2) is 0 Å². The van der Waals surface area contributed by atoms with Crippen molar-refractivity contribution in [1.82, 2.24) is 5.32 Å². The van der Waals surface area contributed by atoms with E-state index >= 15 is 0 Å². The zero-order chi connectivity index (χ0) is 29.9. The van der Waals surface area contributed by atoms with Crippen molar-refractivity contribution >= 4 is 23.8 Å². The summed E-state index contributed by atoms with van der Waals surface area (Å²) in [4.78, 5) is 48.1. The van der Waals surface area contributed by atoms with E-state index in [1.807, 2.05) is 0 Å². The van der Waals surface area contributed by atoms with Crippen LogP contribution >= 0.6 is 0 Å². The number of aromatic hydroxyl groups is 1. The molecule has 2 rings (SSSR count). The Labute approximate surface area is 242 Å². The lowest BCUT2D eigenvalue weighted by atomic mass is 10.0. The highest BCUT2D eigenvalue weighted by Crippen LogP contribution is 2.16. The normalized spacial score (nSPS) is 11.4. The highest BCUT2D eigenvalue weighted by Gasteiger charge is 2.23. The monoisotopic (exact) mass is 569 g/mol. The number of carboxylic acid groups (broad SMARTS) is 1. The maximum atomic E-state index is 12.8. The molecule has 0 aliphatic heterocycles. The average molecular weight is 570 g/mol. The van der Waals surface area contributed by atoms with Gasteiger partial charge in [0.2, 0.25) is 5.91 Å². The van der Waals surface area contributed by atoms with Crippen LogP contribution in [-0.4, -0.2) is 46.7 Å². The summed E-state index contributed by atoms with van der Waals surface area (Å²) in [6.07, 6.45) is 8.28. The number of esters is 2. The number of hydrogen-bond donors (Lipinski definition) is 3. The van der Waals surface area contributed by atoms with Gasteiger partial charge in [-0.3, -0.25) is 14.4 Å². The summed E-state index contributed by atoms with van der Waals surface area (Å²) in [6, 6.07) is 12.5. The largest absolute Gasteiger partial charge is 0.508 e. The van der Waals surface area contributed by atoms with Gasteiger partial charge in [0.05, 0.1) is 6.61 Å². The maximum Gasteiger partial charge on any atom is 0.328 e. The predicted octanol–water partition coefficient (Wildman–Crippen LogP) is 5.51. The number of phenolic OH excluding ortho intramolecular Hbond substituents is 1. The second kappa shape index (κ2) is 19.2. The zero-order valence-corrected chi connectivity index (χ0v) is 23.9. The molecule has 2 aromatic carbocycles. The summed E-state index contributed by atoms with van der Waals surface area (Å²) in [5.41, 5.74) is 1.65. The Kier molecular flexibility index (Phi) is 15.6. The number of ether oxygens (including phenoxy) is 2. The molecule has 224 valence electrons. The first-order valence-corrected chi connectivity index (χ1v) is 14.5. The molecule has 1 amide bonds. The predicted molar refractivity (Wildman–Crippen MR) is 155 cm³/mol. The number of benzene rings is 2. The topological polar surface area (TPSA) is 139 Å². The van der Waals surface area contributed by atoms with Crippen LogP contribution < -0.4 is 10.1 Å². The molecule has 0 bridgehead atoms. The molecule has 0 heterocycles. The highest BCUT2D eigenvalue weighted by molar-refractivity contribution is 5.84. The van der Waals surface area contributed by atoms with Crippen molar-refractivity contribution in [1.29, 1.82) is 0 Å².